The van der Waals surface area contributed by atoms with E-state index in [2.05, 4.69) is 5.32 Å². The zero-order chi connectivity index (χ0) is 12.3. The summed E-state index contributed by atoms with van der Waals surface area (Å²) in [4.78, 5) is 22.1. The van der Waals surface area contributed by atoms with E-state index in [0.29, 0.717) is 11.3 Å². The van der Waals surface area contributed by atoms with Crippen molar-refractivity contribution in [2.45, 2.75) is 20.8 Å². The summed E-state index contributed by atoms with van der Waals surface area (Å²) in [5.41, 5.74) is 8.40. The van der Waals surface area contributed by atoms with E-state index in [4.69, 9.17) is 5.73 Å². The van der Waals surface area contributed by atoms with Crippen LogP contribution in [0.25, 0.3) is 0 Å². The molecule has 0 amide bonds. The number of ketones is 2. The van der Waals surface area contributed by atoms with Gasteiger partial charge in [0.2, 0.25) is 0 Å². The number of anilines is 2. The minimum Gasteiger partial charge on any atom is -0.398 e. The van der Waals surface area contributed by atoms with E-state index >= 15 is 0 Å². The maximum Gasteiger partial charge on any atom is 0.161 e. The van der Waals surface area contributed by atoms with Gasteiger partial charge in [-0.05, 0) is 38.5 Å². The van der Waals surface area contributed by atoms with E-state index in [-0.39, 0.29) is 18.1 Å². The Bertz CT molecular complexity index is 439. The molecule has 0 radical (unpaired) electrons. The number of benzene rings is 1. The topological polar surface area (TPSA) is 72.2 Å². The van der Waals surface area contributed by atoms with Crippen LogP contribution in [0.4, 0.5) is 11.4 Å². The summed E-state index contributed by atoms with van der Waals surface area (Å²) in [6.07, 6.45) is 0. The lowest BCUT2D eigenvalue weighted by molar-refractivity contribution is -0.115. The van der Waals surface area contributed by atoms with Crippen LogP contribution < -0.4 is 11.1 Å². The first-order valence-electron chi connectivity index (χ1n) is 5.06. The number of nitrogens with one attached hydrogen (secondary N) is 1. The summed E-state index contributed by atoms with van der Waals surface area (Å²) in [5, 5.41) is 2.98. The van der Waals surface area contributed by atoms with Crippen molar-refractivity contribution in [1.82, 2.24) is 0 Å². The Labute approximate surface area is 94.8 Å². The smallest absolute Gasteiger partial charge is 0.161 e. The van der Waals surface area contributed by atoms with Crippen LogP contribution in [0.2, 0.25) is 0 Å². The van der Waals surface area contributed by atoms with Crippen LogP contribution in [0.15, 0.2) is 12.1 Å². The van der Waals surface area contributed by atoms with Crippen LogP contribution in [0.5, 0.6) is 0 Å². The molecule has 86 valence electrons. The Morgan fingerprint density at radius 3 is 2.44 bits per heavy atom. The number of carbonyl (C=O) groups excluding carboxylic acids is 2. The Hall–Kier alpha value is -1.84. The summed E-state index contributed by atoms with van der Waals surface area (Å²) < 4.78 is 0. The maximum absolute atomic E-state index is 11.2. The molecular weight excluding hydrogens is 204 g/mol. The standard InChI is InChI=1S/C12H16N2O2/c1-7-4-10(9(3)16)11(13)5-12(7)14-6-8(2)15/h4-5,14H,6,13H2,1-3H3. The highest BCUT2D eigenvalue weighted by molar-refractivity contribution is 6.00. The van der Waals surface area contributed by atoms with Gasteiger partial charge in [0.25, 0.3) is 0 Å². The minimum absolute atomic E-state index is 0.0496. The molecule has 1 rings (SSSR count). The second-order valence-corrected chi connectivity index (χ2v) is 3.87. The summed E-state index contributed by atoms with van der Waals surface area (Å²) in [6, 6.07) is 3.43. The van der Waals surface area contributed by atoms with Crippen LogP contribution in [0.1, 0.15) is 29.8 Å². The Morgan fingerprint density at radius 2 is 1.94 bits per heavy atom. The maximum atomic E-state index is 11.2. The van der Waals surface area contributed by atoms with Crippen LogP contribution in [-0.4, -0.2) is 18.1 Å². The number of rotatable bonds is 4. The summed E-state index contributed by atoms with van der Waals surface area (Å²) in [6.45, 7) is 5.12. The predicted molar refractivity (Wildman–Crippen MR) is 64.8 cm³/mol. The molecule has 0 aliphatic heterocycles. The first-order chi connectivity index (χ1) is 7.41. The van der Waals surface area contributed by atoms with E-state index in [9.17, 15) is 9.59 Å². The average molecular weight is 220 g/mol. The van der Waals surface area contributed by atoms with Crippen LogP contribution in [0, 0.1) is 6.92 Å². The highest BCUT2D eigenvalue weighted by atomic mass is 16.1. The van der Waals surface area contributed by atoms with Gasteiger partial charge in [-0.2, -0.15) is 0 Å². The predicted octanol–water partition coefficient (Wildman–Crippen LogP) is 1.78. The van der Waals surface area contributed by atoms with Gasteiger partial charge < -0.3 is 11.1 Å². The number of Topliss-reactive ketones (excluding diaryl/α,β-unsaturated/α-hetero) is 2. The first-order valence-corrected chi connectivity index (χ1v) is 5.06. The fourth-order valence-corrected chi connectivity index (χ4v) is 1.44. The molecule has 1 aromatic rings. The van der Waals surface area contributed by atoms with Crippen LogP contribution in [-0.2, 0) is 4.79 Å². The molecule has 4 nitrogen and oxygen atoms in total. The van der Waals surface area contributed by atoms with Crippen molar-refractivity contribution in [1.29, 1.82) is 0 Å². The molecule has 0 heterocycles. The normalized spacial score (nSPS) is 9.94. The molecular formula is C12H16N2O2. The third kappa shape index (κ3) is 2.82. The number of aryl methyl sites for hydroxylation is 1. The molecule has 0 aromatic heterocycles. The van der Waals surface area contributed by atoms with Crippen molar-refractivity contribution in [3.05, 3.63) is 23.3 Å². The largest absolute Gasteiger partial charge is 0.398 e. The lowest BCUT2D eigenvalue weighted by Gasteiger charge is -2.11. The molecule has 0 bridgehead atoms. The zero-order valence-electron chi connectivity index (χ0n) is 9.76. The van der Waals surface area contributed by atoms with Gasteiger partial charge in [0.1, 0.15) is 5.78 Å². The number of hydrogen-bond acceptors (Lipinski definition) is 4. The number of hydrogen-bond donors (Lipinski definition) is 2. The fourth-order valence-electron chi connectivity index (χ4n) is 1.44. The van der Waals surface area contributed by atoms with E-state index in [0.717, 1.165) is 11.3 Å². The van der Waals surface area contributed by atoms with Crippen molar-refractivity contribution in [2.75, 3.05) is 17.6 Å². The quantitative estimate of drug-likeness (QED) is 0.599. The molecule has 4 heteroatoms. The minimum atomic E-state index is -0.0567. The van der Waals surface area contributed by atoms with E-state index in [1.807, 2.05) is 6.92 Å². The second kappa shape index (κ2) is 4.79. The molecule has 0 aliphatic rings. The zero-order valence-corrected chi connectivity index (χ0v) is 9.76. The average Bonchev–Trinajstić information content (AvgIpc) is 2.18. The van der Waals surface area contributed by atoms with Gasteiger partial charge in [0.15, 0.2) is 5.78 Å². The molecule has 0 fully saturated rings. The van der Waals surface area contributed by atoms with Crippen molar-refractivity contribution < 1.29 is 9.59 Å². The van der Waals surface area contributed by atoms with Crippen molar-refractivity contribution in [2.24, 2.45) is 0 Å². The summed E-state index contributed by atoms with van der Waals surface area (Å²) in [5.74, 6) is -0.00710. The third-order valence-corrected chi connectivity index (χ3v) is 2.30. The lowest BCUT2D eigenvalue weighted by Crippen LogP contribution is -2.12. The molecule has 0 saturated carbocycles. The number of carbonyl (C=O) groups is 2. The highest BCUT2D eigenvalue weighted by Gasteiger charge is 2.08. The molecule has 0 saturated heterocycles. The fraction of sp³-hybridized carbons (Fsp3) is 0.333. The van der Waals surface area contributed by atoms with Gasteiger partial charge in [-0.3, -0.25) is 9.59 Å². The first kappa shape index (κ1) is 12.2. The Morgan fingerprint density at radius 1 is 1.31 bits per heavy atom. The third-order valence-electron chi connectivity index (χ3n) is 2.30. The lowest BCUT2D eigenvalue weighted by atomic mass is 10.0. The van der Waals surface area contributed by atoms with Crippen molar-refractivity contribution in [3.63, 3.8) is 0 Å². The highest BCUT2D eigenvalue weighted by Crippen LogP contribution is 2.23. The second-order valence-electron chi connectivity index (χ2n) is 3.87. The molecule has 0 spiro atoms. The summed E-state index contributed by atoms with van der Waals surface area (Å²) >= 11 is 0. The summed E-state index contributed by atoms with van der Waals surface area (Å²) in [7, 11) is 0. The molecule has 0 atom stereocenters. The van der Waals surface area contributed by atoms with E-state index in [1.54, 1.807) is 12.1 Å². The van der Waals surface area contributed by atoms with E-state index < -0.39 is 0 Å². The van der Waals surface area contributed by atoms with Gasteiger partial charge in [-0.25, -0.2) is 0 Å². The Balaban J connectivity index is 3.01. The SMILES string of the molecule is CC(=O)CNc1cc(N)c(C(C)=O)cc1C. The molecule has 16 heavy (non-hydrogen) atoms. The molecule has 3 N–H and O–H groups in total. The van der Waals surface area contributed by atoms with Crippen molar-refractivity contribution >= 4 is 22.9 Å². The van der Waals surface area contributed by atoms with Crippen LogP contribution >= 0.6 is 0 Å². The van der Waals surface area contributed by atoms with Gasteiger partial charge in [0, 0.05) is 16.9 Å². The Kier molecular flexibility index (Phi) is 3.66. The molecule has 0 aliphatic carbocycles. The van der Waals surface area contributed by atoms with Gasteiger partial charge in [-0.15, -0.1) is 0 Å². The van der Waals surface area contributed by atoms with Gasteiger partial charge in [-0.1, -0.05) is 0 Å². The van der Waals surface area contributed by atoms with Gasteiger partial charge in [0.05, 0.1) is 6.54 Å². The number of nitrogens with two attached hydrogens (primary N) is 1. The van der Waals surface area contributed by atoms with Crippen molar-refractivity contribution in [3.8, 4) is 0 Å². The monoisotopic (exact) mass is 220 g/mol. The number of nitrogen functional groups attached to an aromatic ring is 1. The van der Waals surface area contributed by atoms with Gasteiger partial charge >= 0.3 is 0 Å². The van der Waals surface area contributed by atoms with Crippen LogP contribution in [0.3, 0.4) is 0 Å². The van der Waals surface area contributed by atoms with E-state index in [1.165, 1.54) is 13.8 Å². The molecule has 1 aromatic carbocycles. The molecule has 0 unspecified atom stereocenters.